The molecule has 7 nitrogen and oxygen atoms in total. The van der Waals surface area contributed by atoms with Crippen LogP contribution >= 0.6 is 0 Å². The van der Waals surface area contributed by atoms with Crippen molar-refractivity contribution in [2.75, 3.05) is 6.54 Å². The molecule has 4 atom stereocenters. The number of phenols is 1. The lowest BCUT2D eigenvalue weighted by Crippen LogP contribution is -2.60. The maximum atomic E-state index is 13.2. The fourth-order valence-electron chi connectivity index (χ4n) is 5.56. The Morgan fingerprint density at radius 3 is 2.71 bits per heavy atom. The molecule has 0 bridgehead atoms. The van der Waals surface area contributed by atoms with E-state index in [1.54, 1.807) is 12.1 Å². The molecule has 1 aromatic carbocycles. The van der Waals surface area contributed by atoms with Crippen molar-refractivity contribution in [3.8, 4) is 11.5 Å². The van der Waals surface area contributed by atoms with E-state index in [0.717, 1.165) is 24.8 Å². The van der Waals surface area contributed by atoms with E-state index < -0.39 is 17.0 Å². The van der Waals surface area contributed by atoms with Gasteiger partial charge < -0.3 is 24.6 Å². The van der Waals surface area contributed by atoms with E-state index >= 15 is 0 Å². The summed E-state index contributed by atoms with van der Waals surface area (Å²) < 4.78 is 12.9. The number of benzene rings is 1. The number of rotatable bonds is 4. The van der Waals surface area contributed by atoms with Gasteiger partial charge in [-0.3, -0.25) is 9.59 Å². The molecule has 0 saturated carbocycles. The number of likely N-dealkylation sites (tertiary alicyclic amines) is 1. The van der Waals surface area contributed by atoms with Crippen LogP contribution in [0.1, 0.15) is 71.5 Å². The third-order valence-corrected chi connectivity index (χ3v) is 7.05. The molecule has 0 radical (unpaired) electrons. The highest BCUT2D eigenvalue weighted by Gasteiger charge is 2.53. The van der Waals surface area contributed by atoms with E-state index in [1.165, 1.54) is 0 Å². The second-order valence-electron chi connectivity index (χ2n) is 10.6. The van der Waals surface area contributed by atoms with Gasteiger partial charge in [0.25, 0.3) is 0 Å². The van der Waals surface area contributed by atoms with Gasteiger partial charge in [-0.15, -0.1) is 0 Å². The van der Waals surface area contributed by atoms with Gasteiger partial charge in [-0.25, -0.2) is 0 Å². The molecule has 7 heteroatoms. The molecule has 2 saturated heterocycles. The van der Waals surface area contributed by atoms with Crippen molar-refractivity contribution in [1.82, 2.24) is 4.90 Å². The summed E-state index contributed by atoms with van der Waals surface area (Å²) >= 11 is 0. The van der Waals surface area contributed by atoms with E-state index in [0.29, 0.717) is 12.3 Å². The lowest BCUT2D eigenvalue weighted by molar-refractivity contribution is -0.193. The number of hydrogen-bond donors (Lipinski definition) is 2. The summed E-state index contributed by atoms with van der Waals surface area (Å²) in [5.74, 6) is 0.00186. The van der Waals surface area contributed by atoms with Gasteiger partial charge in [-0.05, 0) is 50.7 Å². The first-order chi connectivity index (χ1) is 14.5. The Bertz CT molecular complexity index is 879. The Hall–Kier alpha value is -2.28. The number of carbonyl (C=O) groups excluding carboxylic acids is 1. The topological polar surface area (TPSA) is 96.3 Å². The number of hydrogen-bond acceptors (Lipinski definition) is 5. The molecule has 2 fully saturated rings. The zero-order valence-corrected chi connectivity index (χ0v) is 18.8. The van der Waals surface area contributed by atoms with E-state index in [1.807, 2.05) is 38.7 Å². The number of piperidine rings is 1. The predicted molar refractivity (Wildman–Crippen MR) is 114 cm³/mol. The molecule has 2 N–H and O–H groups in total. The maximum absolute atomic E-state index is 13.2. The first-order valence-corrected chi connectivity index (χ1v) is 11.2. The molecule has 31 heavy (non-hydrogen) atoms. The summed E-state index contributed by atoms with van der Waals surface area (Å²) in [4.78, 5) is 26.3. The Balaban J connectivity index is 1.57. The van der Waals surface area contributed by atoms with Crippen molar-refractivity contribution in [2.45, 2.75) is 83.6 Å². The number of amides is 1. The van der Waals surface area contributed by atoms with Gasteiger partial charge in [-0.1, -0.05) is 13.8 Å². The van der Waals surface area contributed by atoms with Crippen molar-refractivity contribution in [3.05, 3.63) is 23.8 Å². The first kappa shape index (κ1) is 21.9. The molecule has 3 aliphatic rings. The number of fused-ring (bicyclic) bond motifs is 4. The normalized spacial score (nSPS) is 29.2. The predicted octanol–water partition coefficient (Wildman–Crippen LogP) is 3.89. The molecule has 3 aliphatic heterocycles. The SMILES string of the molecule is CC(C)(CC(=O)O)CC(=O)N1CCC[C@@H]2O[C@@H]3c4ccc(O)cc4OC(C)(C)[C@H]3C[C@@H]21. The van der Waals surface area contributed by atoms with Crippen LogP contribution in [-0.2, 0) is 14.3 Å². The number of carboxylic acid groups (broad SMARTS) is 1. The van der Waals surface area contributed by atoms with E-state index in [9.17, 15) is 14.7 Å². The molecular weight excluding hydrogens is 398 g/mol. The van der Waals surface area contributed by atoms with Crippen molar-refractivity contribution < 1.29 is 29.3 Å². The average molecular weight is 432 g/mol. The zero-order chi connectivity index (χ0) is 22.6. The largest absolute Gasteiger partial charge is 0.508 e. The molecule has 1 amide bonds. The second kappa shape index (κ2) is 7.69. The molecule has 170 valence electrons. The first-order valence-electron chi connectivity index (χ1n) is 11.2. The minimum absolute atomic E-state index is 0.00264. The minimum atomic E-state index is -0.885. The third kappa shape index (κ3) is 4.25. The van der Waals surface area contributed by atoms with E-state index in [-0.39, 0.29) is 48.7 Å². The molecule has 0 aliphatic carbocycles. The third-order valence-electron chi connectivity index (χ3n) is 7.05. The van der Waals surface area contributed by atoms with E-state index in [4.69, 9.17) is 14.6 Å². The number of carbonyl (C=O) groups is 2. The molecule has 4 rings (SSSR count). The number of carboxylic acids is 1. The molecule has 1 aromatic rings. The van der Waals surface area contributed by atoms with Crippen molar-refractivity contribution in [2.24, 2.45) is 11.3 Å². The van der Waals surface area contributed by atoms with Crippen LogP contribution in [0.3, 0.4) is 0 Å². The molecule has 3 heterocycles. The number of nitrogens with zero attached hydrogens (tertiary/aromatic N) is 1. The number of aliphatic carboxylic acids is 1. The molecule has 0 unspecified atom stereocenters. The van der Waals surface area contributed by atoms with Gasteiger partial charge in [0, 0.05) is 30.5 Å². The van der Waals surface area contributed by atoms with Crippen molar-refractivity contribution >= 4 is 11.9 Å². The van der Waals surface area contributed by atoms with Crippen LogP contribution in [0.4, 0.5) is 0 Å². The van der Waals surface area contributed by atoms with Gasteiger partial charge >= 0.3 is 5.97 Å². The highest BCUT2D eigenvalue weighted by molar-refractivity contribution is 5.78. The summed E-state index contributed by atoms with van der Waals surface area (Å²) in [6, 6.07) is 5.14. The van der Waals surface area contributed by atoms with Gasteiger partial charge in [0.2, 0.25) is 5.91 Å². The summed E-state index contributed by atoms with van der Waals surface area (Å²) in [5, 5.41) is 19.1. The summed E-state index contributed by atoms with van der Waals surface area (Å²) in [7, 11) is 0. The van der Waals surface area contributed by atoms with Crippen LogP contribution in [0.15, 0.2) is 18.2 Å². The quantitative estimate of drug-likeness (QED) is 0.751. The molecule has 0 spiro atoms. The van der Waals surface area contributed by atoms with Crippen LogP contribution in [0.25, 0.3) is 0 Å². The lowest BCUT2D eigenvalue weighted by atomic mass is 9.72. The van der Waals surface area contributed by atoms with Gasteiger partial charge in [0.1, 0.15) is 17.1 Å². The van der Waals surface area contributed by atoms with Crippen LogP contribution in [0, 0.1) is 11.3 Å². The lowest BCUT2D eigenvalue weighted by Gasteiger charge is -2.54. The minimum Gasteiger partial charge on any atom is -0.508 e. The average Bonchev–Trinajstić information content (AvgIpc) is 2.64. The summed E-state index contributed by atoms with van der Waals surface area (Å²) in [6.45, 7) is 8.41. The Labute approximate surface area is 183 Å². The fraction of sp³-hybridized carbons (Fsp3) is 0.667. The fourth-order valence-corrected chi connectivity index (χ4v) is 5.56. The smallest absolute Gasteiger partial charge is 0.303 e. The van der Waals surface area contributed by atoms with Crippen LogP contribution in [0.2, 0.25) is 0 Å². The summed E-state index contributed by atoms with van der Waals surface area (Å²) in [5.41, 5.74) is -0.153. The van der Waals surface area contributed by atoms with E-state index in [2.05, 4.69) is 0 Å². The number of ether oxygens (including phenoxy) is 2. The van der Waals surface area contributed by atoms with Crippen LogP contribution in [-0.4, -0.2) is 51.3 Å². The standard InChI is InChI=1S/C24H33NO6/c1-23(2,13-21(28)29)12-20(27)25-9-5-6-18-17(25)11-16-22(30-18)15-8-7-14(26)10-19(15)31-24(16,3)4/h7-8,10,16-18,22,26H,5-6,9,11-13H2,1-4H3,(H,28,29)/t16-,17-,18-,22+/m0/s1. The van der Waals surface area contributed by atoms with Crippen molar-refractivity contribution in [3.63, 3.8) is 0 Å². The van der Waals surface area contributed by atoms with Crippen LogP contribution < -0.4 is 4.74 Å². The highest BCUT2D eigenvalue weighted by Crippen LogP contribution is 2.53. The Morgan fingerprint density at radius 2 is 2.00 bits per heavy atom. The number of aromatic hydroxyl groups is 1. The van der Waals surface area contributed by atoms with Crippen LogP contribution in [0.5, 0.6) is 11.5 Å². The molecular formula is C24H33NO6. The Kier molecular flexibility index (Phi) is 5.44. The summed E-state index contributed by atoms with van der Waals surface area (Å²) in [6.07, 6.45) is 2.51. The monoisotopic (exact) mass is 431 g/mol. The number of phenolic OH excluding ortho intramolecular Hbond substituents is 1. The molecule has 0 aromatic heterocycles. The van der Waals surface area contributed by atoms with Crippen molar-refractivity contribution in [1.29, 1.82) is 0 Å². The zero-order valence-electron chi connectivity index (χ0n) is 18.8. The Morgan fingerprint density at radius 1 is 1.26 bits per heavy atom. The highest BCUT2D eigenvalue weighted by atomic mass is 16.5. The second-order valence-corrected chi connectivity index (χ2v) is 10.6. The maximum Gasteiger partial charge on any atom is 0.303 e. The van der Waals surface area contributed by atoms with Gasteiger partial charge in [0.15, 0.2) is 0 Å². The van der Waals surface area contributed by atoms with Gasteiger partial charge in [0.05, 0.1) is 24.7 Å². The van der Waals surface area contributed by atoms with Gasteiger partial charge in [-0.2, -0.15) is 0 Å².